The maximum Gasteiger partial charge on any atom is 0.411 e. The monoisotopic (exact) mass is 1300 g/mol. The number of methoxy groups -OCH3 is 2. The van der Waals surface area contributed by atoms with Gasteiger partial charge in [0.2, 0.25) is 0 Å². The van der Waals surface area contributed by atoms with Gasteiger partial charge in [0.1, 0.15) is 36.4 Å². The van der Waals surface area contributed by atoms with Crippen LogP contribution in [-0.2, 0) is 95.7 Å². The predicted octanol–water partition coefficient (Wildman–Crippen LogP) is 9.16. The number of hydrogen-bond donors (Lipinski definition) is 2. The quantitative estimate of drug-likeness (QED) is 0.0435. The normalized spacial score (nSPS) is 13.9. The number of anilines is 2. The third kappa shape index (κ3) is 26.0. The lowest BCUT2D eigenvalue weighted by Gasteiger charge is -2.34. The average molecular weight is 1300 g/mol. The van der Waals surface area contributed by atoms with Crippen molar-refractivity contribution in [1.82, 2.24) is 19.6 Å². The maximum absolute atomic E-state index is 14.9. The fourth-order valence-electron chi connectivity index (χ4n) is 9.56. The van der Waals surface area contributed by atoms with E-state index in [-0.39, 0.29) is 68.8 Å². The Labute approximate surface area is 547 Å². The molecule has 25 nitrogen and oxygen atoms in total. The first kappa shape index (κ1) is 78.5. The molecular weight excluding hydrogens is 1200 g/mol. The van der Waals surface area contributed by atoms with Gasteiger partial charge in [0.25, 0.3) is 17.7 Å². The molecule has 0 fully saturated rings. The highest BCUT2D eigenvalue weighted by Gasteiger charge is 2.42. The standard InChI is InChI=1S/C68H98N6O19/c1-40(2)33-51(72(15)59(77)56(38-47-27-31-50(32-28-47)70-66(84)87-19)92-64(82)54(36-43(7)8)74(17)67(85)93-68(11,12)13)61(79)89-44(9)57(75)71(14)53(35-42(5)6)63(81)91-55(37-46-25-29-49(30-26-46)69-65(83)86-18)58(76)73(16)52(34-41(3)4)62(80)90-45(10)60(78)88-39-48-23-21-20-22-24-48/h20-32,40-45,51-56H,33-39H2,1-19H3,(H,69,83)(H,70,84)/t44-,45-,51+,52+,53+,54+,55-,56-/m0/s1. The van der Waals surface area contributed by atoms with E-state index in [1.807, 2.05) is 33.8 Å². The van der Waals surface area contributed by atoms with Crippen molar-refractivity contribution in [3.8, 4) is 0 Å². The van der Waals surface area contributed by atoms with Crippen molar-refractivity contribution >= 4 is 77.2 Å². The van der Waals surface area contributed by atoms with Gasteiger partial charge in [-0.2, -0.15) is 0 Å². The first-order valence-electron chi connectivity index (χ1n) is 31.1. The van der Waals surface area contributed by atoms with Crippen LogP contribution in [0.5, 0.6) is 0 Å². The van der Waals surface area contributed by atoms with Crippen LogP contribution in [-0.4, -0.2) is 182 Å². The lowest BCUT2D eigenvalue weighted by Crippen LogP contribution is -2.54. The summed E-state index contributed by atoms with van der Waals surface area (Å²) in [6.07, 6.45) is -8.87. The summed E-state index contributed by atoms with van der Waals surface area (Å²) in [7, 11) is 7.76. The van der Waals surface area contributed by atoms with Gasteiger partial charge >= 0.3 is 48.1 Å². The van der Waals surface area contributed by atoms with Gasteiger partial charge in [-0.15, -0.1) is 0 Å². The molecule has 3 aromatic carbocycles. The van der Waals surface area contributed by atoms with Crippen LogP contribution < -0.4 is 10.6 Å². The van der Waals surface area contributed by atoms with Crippen molar-refractivity contribution in [2.45, 2.75) is 189 Å². The summed E-state index contributed by atoms with van der Waals surface area (Å²) in [5, 5.41) is 5.09. The molecule has 0 aliphatic heterocycles. The molecule has 0 radical (unpaired) electrons. The van der Waals surface area contributed by atoms with Gasteiger partial charge in [-0.3, -0.25) is 29.9 Å². The van der Waals surface area contributed by atoms with E-state index in [9.17, 15) is 52.7 Å². The highest BCUT2D eigenvalue weighted by molar-refractivity contribution is 5.94. The molecule has 0 aliphatic rings. The second-order valence-corrected chi connectivity index (χ2v) is 25.7. The second-order valence-electron chi connectivity index (χ2n) is 25.7. The number of carbonyl (C=O) groups excluding carboxylic acids is 11. The second kappa shape index (κ2) is 37.1. The average Bonchev–Trinajstić information content (AvgIpc) is 0.961. The zero-order chi connectivity index (χ0) is 70.2. The van der Waals surface area contributed by atoms with Crippen molar-refractivity contribution in [2.75, 3.05) is 53.0 Å². The number of amides is 6. The van der Waals surface area contributed by atoms with E-state index in [4.69, 9.17) is 37.9 Å². The Morgan fingerprint density at radius 1 is 0.409 bits per heavy atom. The molecule has 0 unspecified atom stereocenters. The summed E-state index contributed by atoms with van der Waals surface area (Å²) in [5.41, 5.74) is 1.41. The molecule has 0 bridgehead atoms. The van der Waals surface area contributed by atoms with Crippen LogP contribution in [0.3, 0.4) is 0 Å². The van der Waals surface area contributed by atoms with Crippen molar-refractivity contribution in [1.29, 1.82) is 0 Å². The molecule has 25 heteroatoms. The van der Waals surface area contributed by atoms with E-state index in [1.54, 1.807) is 109 Å². The summed E-state index contributed by atoms with van der Waals surface area (Å²) in [6, 6.07) is 16.1. The highest BCUT2D eigenvalue weighted by atomic mass is 16.6. The zero-order valence-corrected chi connectivity index (χ0v) is 57.4. The molecule has 3 aromatic rings. The van der Waals surface area contributed by atoms with Crippen molar-refractivity contribution in [3.63, 3.8) is 0 Å². The Morgan fingerprint density at radius 2 is 0.742 bits per heavy atom. The molecule has 0 saturated heterocycles. The number of nitrogens with zero attached hydrogens (tertiary/aromatic N) is 4. The smallest absolute Gasteiger partial charge is 0.411 e. The summed E-state index contributed by atoms with van der Waals surface area (Å²) in [6.45, 7) is 22.1. The number of hydrogen-bond acceptors (Lipinski definition) is 19. The van der Waals surface area contributed by atoms with E-state index in [1.165, 1.54) is 68.4 Å². The van der Waals surface area contributed by atoms with Gasteiger partial charge in [-0.05, 0) is 125 Å². The highest BCUT2D eigenvalue weighted by Crippen LogP contribution is 2.25. The topological polar surface area (TPSA) is 299 Å². The molecular formula is C68H98N6O19. The number of carbonyl (C=O) groups is 11. The van der Waals surface area contributed by atoms with Gasteiger partial charge in [-0.1, -0.05) is 110 Å². The van der Waals surface area contributed by atoms with Crippen LogP contribution in [0.1, 0.15) is 132 Å². The third-order valence-corrected chi connectivity index (χ3v) is 14.6. The third-order valence-electron chi connectivity index (χ3n) is 14.6. The Kier molecular flexibility index (Phi) is 31.3. The summed E-state index contributed by atoms with van der Waals surface area (Å²) >= 11 is 0. The molecule has 0 aromatic heterocycles. The van der Waals surface area contributed by atoms with Crippen LogP contribution in [0.4, 0.5) is 25.8 Å². The van der Waals surface area contributed by atoms with Crippen molar-refractivity contribution in [3.05, 3.63) is 95.6 Å². The van der Waals surface area contributed by atoms with E-state index in [0.717, 1.165) is 19.6 Å². The molecule has 8 atom stereocenters. The number of rotatable bonds is 32. The summed E-state index contributed by atoms with van der Waals surface area (Å²) in [5.74, 6) is -8.17. The number of likely N-dealkylation sites (N-methyl/N-ethyl adjacent to an activating group) is 4. The first-order valence-corrected chi connectivity index (χ1v) is 31.1. The number of benzene rings is 3. The summed E-state index contributed by atoms with van der Waals surface area (Å²) in [4.78, 5) is 157. The summed E-state index contributed by atoms with van der Waals surface area (Å²) < 4.78 is 44.1. The van der Waals surface area contributed by atoms with Gasteiger partial charge in [0.05, 0.1) is 14.2 Å². The molecule has 0 saturated carbocycles. The Hall–Kier alpha value is -8.77. The van der Waals surface area contributed by atoms with E-state index in [0.29, 0.717) is 28.1 Å². The minimum atomic E-state index is -1.66. The van der Waals surface area contributed by atoms with Crippen LogP contribution in [0, 0.1) is 23.7 Å². The van der Waals surface area contributed by atoms with Crippen molar-refractivity contribution < 1.29 is 90.6 Å². The van der Waals surface area contributed by atoms with E-state index >= 15 is 0 Å². The van der Waals surface area contributed by atoms with E-state index in [2.05, 4.69) is 10.6 Å². The Morgan fingerprint density at radius 3 is 1.09 bits per heavy atom. The van der Waals surface area contributed by atoms with Crippen LogP contribution >= 0.6 is 0 Å². The SMILES string of the molecule is COC(=O)Nc1ccc(C[C@H](OC(=O)[C@@H](CC(C)C)N(C)C(=O)OC(C)(C)C)C(=O)N(C)[C@H](CC(C)C)C(=O)O[C@@H](C)C(=O)N(C)[C@H](CC(C)C)C(=O)O[C@@H](Cc2ccc(NC(=O)OC)cc2)C(=O)N(C)[C@H](CC(C)C)C(=O)O[C@@H](C)C(=O)OCc2ccccc2)cc1. The minimum Gasteiger partial charge on any atom is -0.458 e. The molecule has 0 heterocycles. The molecule has 3 rings (SSSR count). The lowest BCUT2D eigenvalue weighted by molar-refractivity contribution is -0.175. The molecule has 0 aliphatic carbocycles. The van der Waals surface area contributed by atoms with Gasteiger partial charge in [0, 0.05) is 52.4 Å². The number of esters is 5. The van der Waals surface area contributed by atoms with Crippen LogP contribution in [0.2, 0.25) is 0 Å². The van der Waals surface area contributed by atoms with Crippen molar-refractivity contribution in [2.24, 2.45) is 23.7 Å². The fourth-order valence-corrected chi connectivity index (χ4v) is 9.56. The van der Waals surface area contributed by atoms with Crippen LogP contribution in [0.25, 0.3) is 0 Å². The minimum absolute atomic E-state index is 0.00348. The van der Waals surface area contributed by atoms with E-state index < -0.39 is 120 Å². The molecule has 514 valence electrons. The number of ether oxygens (including phenoxy) is 8. The molecule has 6 amide bonds. The lowest BCUT2D eigenvalue weighted by atomic mass is 10.00. The maximum atomic E-state index is 14.9. The van der Waals surface area contributed by atoms with Crippen LogP contribution in [0.15, 0.2) is 78.9 Å². The predicted molar refractivity (Wildman–Crippen MR) is 345 cm³/mol. The Bertz CT molecular complexity index is 2990. The van der Waals surface area contributed by atoms with Gasteiger partial charge in [-0.25, -0.2) is 38.4 Å². The fraction of sp³-hybridized carbons (Fsp3) is 0.574. The largest absolute Gasteiger partial charge is 0.458 e. The molecule has 2 N–H and O–H groups in total. The zero-order valence-electron chi connectivity index (χ0n) is 57.4. The van der Waals surface area contributed by atoms with Gasteiger partial charge in [0.15, 0.2) is 24.4 Å². The Balaban J connectivity index is 2.02. The molecule has 0 spiro atoms. The molecule has 93 heavy (non-hydrogen) atoms. The first-order chi connectivity index (χ1) is 43.5. The van der Waals surface area contributed by atoms with Gasteiger partial charge < -0.3 is 52.6 Å². The number of nitrogens with one attached hydrogen (secondary N) is 2.